The highest BCUT2D eigenvalue weighted by atomic mass is 15.3. The number of H-pyrrole nitrogens is 1. The third-order valence-electron chi connectivity index (χ3n) is 4.50. The summed E-state index contributed by atoms with van der Waals surface area (Å²) in [7, 11) is 1.98. The van der Waals surface area contributed by atoms with Crippen molar-refractivity contribution in [3.8, 4) is 0 Å². The Morgan fingerprint density at radius 3 is 2.68 bits per heavy atom. The van der Waals surface area contributed by atoms with E-state index in [4.69, 9.17) is 0 Å². The smallest absolute Gasteiger partial charge is 0.0931 e. The zero-order valence-corrected chi connectivity index (χ0v) is 14.4. The minimum Gasteiger partial charge on any atom is -0.345 e. The lowest BCUT2D eigenvalue weighted by Gasteiger charge is -2.20. The zero-order valence-electron chi connectivity index (χ0n) is 14.4. The maximum atomic E-state index is 4.43. The first-order chi connectivity index (χ1) is 12.2. The Bertz CT molecular complexity index is 984. The van der Waals surface area contributed by atoms with E-state index in [1.165, 1.54) is 16.8 Å². The number of nitrogens with one attached hydrogen (secondary N) is 2. The maximum Gasteiger partial charge on any atom is 0.0931 e. The van der Waals surface area contributed by atoms with Gasteiger partial charge in [0.25, 0.3) is 0 Å². The van der Waals surface area contributed by atoms with Crippen molar-refractivity contribution >= 4 is 11.0 Å². The lowest BCUT2D eigenvalue weighted by Crippen LogP contribution is -2.23. The number of hydrogen-bond donors (Lipinski definition) is 2. The second-order valence-electron chi connectivity index (χ2n) is 6.30. The molecule has 0 saturated carbocycles. The van der Waals surface area contributed by atoms with Crippen LogP contribution in [0.5, 0.6) is 0 Å². The Hall–Kier alpha value is -2.92. The number of nitrogens with zero attached hydrogens (tertiary/aromatic N) is 3. The van der Waals surface area contributed by atoms with Crippen LogP contribution in [0, 0.1) is 6.92 Å². The second-order valence-corrected chi connectivity index (χ2v) is 6.30. The van der Waals surface area contributed by atoms with Gasteiger partial charge in [-0.1, -0.05) is 36.4 Å². The van der Waals surface area contributed by atoms with Crippen LogP contribution in [0.15, 0.2) is 60.9 Å². The Morgan fingerprint density at radius 1 is 1.08 bits per heavy atom. The van der Waals surface area contributed by atoms with Crippen molar-refractivity contribution in [2.24, 2.45) is 7.05 Å². The highest BCUT2D eigenvalue weighted by Gasteiger charge is 2.15. The first-order valence-corrected chi connectivity index (χ1v) is 8.41. The fourth-order valence-electron chi connectivity index (χ4n) is 3.24. The van der Waals surface area contributed by atoms with Gasteiger partial charge in [-0.25, -0.2) is 4.98 Å². The van der Waals surface area contributed by atoms with Gasteiger partial charge in [-0.15, -0.1) is 0 Å². The van der Waals surface area contributed by atoms with Crippen LogP contribution in [0.4, 0.5) is 0 Å². The molecule has 0 saturated heterocycles. The van der Waals surface area contributed by atoms with Crippen LogP contribution >= 0.6 is 0 Å². The average Bonchev–Trinajstić information content (AvgIpc) is 3.21. The van der Waals surface area contributed by atoms with Crippen LogP contribution in [0.25, 0.3) is 11.0 Å². The third-order valence-corrected chi connectivity index (χ3v) is 4.50. The minimum absolute atomic E-state index is 0.101. The number of benzene rings is 2. The van der Waals surface area contributed by atoms with Crippen molar-refractivity contribution in [3.63, 3.8) is 0 Å². The SMILES string of the molecule is Cc1cc(CNC(c2ccccc2)c2ccc3nc[nH]c3c2)n(C)n1. The molecule has 0 radical (unpaired) electrons. The molecule has 5 nitrogen and oxygen atoms in total. The topological polar surface area (TPSA) is 58.5 Å². The lowest BCUT2D eigenvalue weighted by atomic mass is 9.98. The molecule has 0 spiro atoms. The van der Waals surface area contributed by atoms with Crippen molar-refractivity contribution < 1.29 is 0 Å². The van der Waals surface area contributed by atoms with Gasteiger partial charge < -0.3 is 10.3 Å². The summed E-state index contributed by atoms with van der Waals surface area (Å²) in [6.45, 7) is 2.77. The predicted molar refractivity (Wildman–Crippen MR) is 99.2 cm³/mol. The number of aromatic amines is 1. The third kappa shape index (κ3) is 3.19. The van der Waals surface area contributed by atoms with Crippen LogP contribution < -0.4 is 5.32 Å². The van der Waals surface area contributed by atoms with E-state index in [1.54, 1.807) is 6.33 Å². The molecular formula is C20H21N5. The van der Waals surface area contributed by atoms with E-state index in [-0.39, 0.29) is 6.04 Å². The highest BCUT2D eigenvalue weighted by molar-refractivity contribution is 5.75. The largest absolute Gasteiger partial charge is 0.345 e. The van der Waals surface area contributed by atoms with E-state index in [0.717, 1.165) is 23.3 Å². The quantitative estimate of drug-likeness (QED) is 0.588. The summed E-state index contributed by atoms with van der Waals surface area (Å²) in [4.78, 5) is 7.51. The fourth-order valence-corrected chi connectivity index (χ4v) is 3.24. The molecule has 2 aromatic heterocycles. The van der Waals surface area contributed by atoms with Crippen LogP contribution in [0.1, 0.15) is 28.6 Å². The molecule has 0 bridgehead atoms. The number of imidazole rings is 1. The van der Waals surface area contributed by atoms with E-state index < -0.39 is 0 Å². The van der Waals surface area contributed by atoms with E-state index >= 15 is 0 Å². The van der Waals surface area contributed by atoms with Gasteiger partial charge >= 0.3 is 0 Å². The first-order valence-electron chi connectivity index (χ1n) is 8.41. The molecular weight excluding hydrogens is 310 g/mol. The summed E-state index contributed by atoms with van der Waals surface area (Å²) in [6, 6.07) is 19.1. The molecule has 2 aromatic carbocycles. The highest BCUT2D eigenvalue weighted by Crippen LogP contribution is 2.25. The van der Waals surface area contributed by atoms with Gasteiger partial charge in [0.05, 0.1) is 34.8 Å². The molecule has 0 aliphatic carbocycles. The van der Waals surface area contributed by atoms with Gasteiger partial charge in [-0.2, -0.15) is 5.10 Å². The molecule has 0 aliphatic rings. The summed E-state index contributed by atoms with van der Waals surface area (Å²) in [5.74, 6) is 0. The van der Waals surface area contributed by atoms with Crippen LogP contribution in [0.3, 0.4) is 0 Å². The molecule has 126 valence electrons. The molecule has 4 aromatic rings. The zero-order chi connectivity index (χ0) is 17.2. The second kappa shape index (κ2) is 6.53. The van der Waals surface area contributed by atoms with Crippen molar-refractivity contribution in [2.45, 2.75) is 19.5 Å². The lowest BCUT2D eigenvalue weighted by molar-refractivity contribution is 0.571. The van der Waals surface area contributed by atoms with Gasteiger partial charge in [-0.3, -0.25) is 4.68 Å². The minimum atomic E-state index is 0.101. The standard InChI is InChI=1S/C20H21N5/c1-14-10-17(25(2)24-14)12-21-20(15-6-4-3-5-7-15)16-8-9-18-19(11-16)23-13-22-18/h3-11,13,20-21H,12H2,1-2H3,(H,22,23). The summed E-state index contributed by atoms with van der Waals surface area (Å²) in [6.07, 6.45) is 1.73. The average molecular weight is 331 g/mol. The number of aryl methyl sites for hydroxylation is 2. The van der Waals surface area contributed by atoms with Crippen molar-refractivity contribution in [1.29, 1.82) is 0 Å². The summed E-state index contributed by atoms with van der Waals surface area (Å²) >= 11 is 0. The summed E-state index contributed by atoms with van der Waals surface area (Å²) in [5, 5.41) is 8.12. The molecule has 0 fully saturated rings. The molecule has 1 unspecified atom stereocenters. The maximum absolute atomic E-state index is 4.43. The normalized spacial score (nSPS) is 12.6. The molecule has 2 heterocycles. The van der Waals surface area contributed by atoms with Crippen molar-refractivity contribution in [2.75, 3.05) is 0 Å². The van der Waals surface area contributed by atoms with Gasteiger partial charge in [0.1, 0.15) is 0 Å². The predicted octanol–water partition coefficient (Wildman–Crippen LogP) is 3.48. The Balaban J connectivity index is 1.67. The molecule has 0 amide bonds. The Kier molecular flexibility index (Phi) is 4.07. The number of aromatic nitrogens is 4. The first kappa shape index (κ1) is 15.6. The van der Waals surface area contributed by atoms with Crippen LogP contribution in [-0.2, 0) is 13.6 Å². The van der Waals surface area contributed by atoms with Crippen LogP contribution in [0.2, 0.25) is 0 Å². The van der Waals surface area contributed by atoms with Crippen LogP contribution in [-0.4, -0.2) is 19.7 Å². The molecule has 4 rings (SSSR count). The van der Waals surface area contributed by atoms with Gasteiger partial charge in [0.2, 0.25) is 0 Å². The summed E-state index contributed by atoms with van der Waals surface area (Å²) in [5.41, 5.74) is 6.69. The van der Waals surface area contributed by atoms with Gasteiger partial charge in [0, 0.05) is 13.6 Å². The summed E-state index contributed by atoms with van der Waals surface area (Å²) < 4.78 is 1.93. The van der Waals surface area contributed by atoms with Gasteiger partial charge in [0.15, 0.2) is 0 Å². The van der Waals surface area contributed by atoms with E-state index in [9.17, 15) is 0 Å². The number of hydrogen-bond acceptors (Lipinski definition) is 3. The molecule has 1 atom stereocenters. The monoisotopic (exact) mass is 331 g/mol. The van der Waals surface area contributed by atoms with Gasteiger partial charge in [-0.05, 0) is 36.2 Å². The fraction of sp³-hybridized carbons (Fsp3) is 0.200. The Morgan fingerprint density at radius 2 is 1.92 bits per heavy atom. The van der Waals surface area contributed by atoms with Crippen molar-refractivity contribution in [1.82, 2.24) is 25.1 Å². The molecule has 5 heteroatoms. The van der Waals surface area contributed by atoms with E-state index in [0.29, 0.717) is 0 Å². The van der Waals surface area contributed by atoms with Crippen molar-refractivity contribution in [3.05, 3.63) is 83.4 Å². The number of rotatable bonds is 5. The van der Waals surface area contributed by atoms with E-state index in [1.807, 2.05) is 24.7 Å². The molecule has 2 N–H and O–H groups in total. The number of fused-ring (bicyclic) bond motifs is 1. The molecule has 25 heavy (non-hydrogen) atoms. The molecule has 0 aliphatic heterocycles. The Labute approximate surface area is 146 Å². The van der Waals surface area contributed by atoms with E-state index in [2.05, 4.69) is 68.9 Å².